The van der Waals surface area contributed by atoms with E-state index in [0.717, 1.165) is 5.56 Å². The Kier molecular flexibility index (Phi) is 4.39. The molecule has 0 aliphatic heterocycles. The standard InChI is InChI=1S/C11H15ClO2/c1-13-8-11(12,9-14-2)10-6-4-3-5-7-10/h3-7H,8-9H2,1-2H3. The molecule has 1 rings (SSSR count). The van der Waals surface area contributed by atoms with Crippen molar-refractivity contribution in [2.24, 2.45) is 0 Å². The van der Waals surface area contributed by atoms with E-state index in [9.17, 15) is 0 Å². The van der Waals surface area contributed by atoms with Crippen LogP contribution in [-0.2, 0) is 14.3 Å². The van der Waals surface area contributed by atoms with E-state index in [1.165, 1.54) is 0 Å². The second kappa shape index (κ2) is 5.35. The van der Waals surface area contributed by atoms with Crippen LogP contribution in [0, 0.1) is 0 Å². The van der Waals surface area contributed by atoms with Crippen LogP contribution in [0.1, 0.15) is 5.56 Å². The van der Waals surface area contributed by atoms with Crippen LogP contribution in [0.5, 0.6) is 0 Å². The van der Waals surface area contributed by atoms with Crippen LogP contribution in [-0.4, -0.2) is 27.4 Å². The number of rotatable bonds is 5. The van der Waals surface area contributed by atoms with Crippen LogP contribution in [0.15, 0.2) is 30.3 Å². The Balaban J connectivity index is 2.87. The lowest BCUT2D eigenvalue weighted by molar-refractivity contribution is 0.0988. The summed E-state index contributed by atoms with van der Waals surface area (Å²) in [6, 6.07) is 9.83. The van der Waals surface area contributed by atoms with Crippen LogP contribution < -0.4 is 0 Å². The van der Waals surface area contributed by atoms with Gasteiger partial charge in [-0.05, 0) is 5.56 Å². The summed E-state index contributed by atoms with van der Waals surface area (Å²) in [5.41, 5.74) is 1.02. The summed E-state index contributed by atoms with van der Waals surface area (Å²) in [5.74, 6) is 0. The van der Waals surface area contributed by atoms with Gasteiger partial charge in [-0.3, -0.25) is 0 Å². The van der Waals surface area contributed by atoms with Crippen LogP contribution in [0.25, 0.3) is 0 Å². The highest BCUT2D eigenvalue weighted by Crippen LogP contribution is 2.29. The SMILES string of the molecule is COCC(Cl)(COC)c1ccccc1. The normalized spacial score (nSPS) is 11.6. The predicted octanol–water partition coefficient (Wildman–Crippen LogP) is 2.41. The third-order valence-corrected chi connectivity index (χ3v) is 2.47. The second-order valence-electron chi connectivity index (χ2n) is 3.20. The molecule has 0 heterocycles. The fourth-order valence-electron chi connectivity index (χ4n) is 1.40. The van der Waals surface area contributed by atoms with Crippen molar-refractivity contribution in [3.05, 3.63) is 35.9 Å². The minimum Gasteiger partial charge on any atom is -0.382 e. The van der Waals surface area contributed by atoms with Crippen molar-refractivity contribution in [1.82, 2.24) is 0 Å². The molecule has 0 unspecified atom stereocenters. The zero-order valence-electron chi connectivity index (χ0n) is 8.50. The van der Waals surface area contributed by atoms with Gasteiger partial charge in [0.1, 0.15) is 4.87 Å². The molecule has 0 atom stereocenters. The molecule has 1 aromatic carbocycles. The predicted molar refractivity (Wildman–Crippen MR) is 57.7 cm³/mol. The number of alkyl halides is 1. The summed E-state index contributed by atoms with van der Waals surface area (Å²) in [5, 5.41) is 0. The van der Waals surface area contributed by atoms with Crippen LogP contribution in [0.4, 0.5) is 0 Å². The summed E-state index contributed by atoms with van der Waals surface area (Å²) >= 11 is 6.41. The van der Waals surface area contributed by atoms with E-state index in [4.69, 9.17) is 21.1 Å². The van der Waals surface area contributed by atoms with E-state index in [1.807, 2.05) is 30.3 Å². The van der Waals surface area contributed by atoms with Gasteiger partial charge in [0.05, 0.1) is 13.2 Å². The largest absolute Gasteiger partial charge is 0.382 e. The van der Waals surface area contributed by atoms with Gasteiger partial charge in [-0.2, -0.15) is 0 Å². The van der Waals surface area contributed by atoms with Gasteiger partial charge in [0.15, 0.2) is 0 Å². The number of hydrogen-bond donors (Lipinski definition) is 0. The van der Waals surface area contributed by atoms with E-state index in [2.05, 4.69) is 0 Å². The Bertz CT molecular complexity index is 255. The highest BCUT2D eigenvalue weighted by Gasteiger charge is 2.29. The lowest BCUT2D eigenvalue weighted by Crippen LogP contribution is -2.30. The van der Waals surface area contributed by atoms with Crippen LogP contribution in [0.3, 0.4) is 0 Å². The van der Waals surface area contributed by atoms with E-state index >= 15 is 0 Å². The number of ether oxygens (including phenoxy) is 2. The molecular weight excluding hydrogens is 200 g/mol. The molecule has 0 saturated carbocycles. The molecule has 0 radical (unpaired) electrons. The van der Waals surface area contributed by atoms with Gasteiger partial charge in [-0.25, -0.2) is 0 Å². The average molecular weight is 215 g/mol. The molecule has 0 bridgehead atoms. The Hall–Kier alpha value is -0.570. The molecule has 14 heavy (non-hydrogen) atoms. The Morgan fingerprint density at radius 1 is 1.07 bits per heavy atom. The molecular formula is C11H15ClO2. The van der Waals surface area contributed by atoms with Crippen LogP contribution in [0.2, 0.25) is 0 Å². The summed E-state index contributed by atoms with van der Waals surface area (Å²) in [4.78, 5) is -0.579. The van der Waals surface area contributed by atoms with E-state index < -0.39 is 4.87 Å². The fourth-order valence-corrected chi connectivity index (χ4v) is 1.75. The van der Waals surface area contributed by atoms with Gasteiger partial charge >= 0.3 is 0 Å². The Morgan fingerprint density at radius 3 is 2.00 bits per heavy atom. The molecule has 0 spiro atoms. The summed E-state index contributed by atoms with van der Waals surface area (Å²) < 4.78 is 10.2. The van der Waals surface area contributed by atoms with Crippen molar-refractivity contribution in [2.45, 2.75) is 4.87 Å². The van der Waals surface area contributed by atoms with Crippen molar-refractivity contribution in [2.75, 3.05) is 27.4 Å². The zero-order valence-corrected chi connectivity index (χ0v) is 9.25. The zero-order chi connectivity index (χ0) is 10.4. The molecule has 0 amide bonds. The molecule has 1 aromatic rings. The first-order valence-corrected chi connectivity index (χ1v) is 4.83. The third kappa shape index (κ3) is 2.71. The van der Waals surface area contributed by atoms with E-state index in [1.54, 1.807) is 14.2 Å². The quantitative estimate of drug-likeness (QED) is 0.701. The maximum Gasteiger partial charge on any atom is 0.116 e. The second-order valence-corrected chi connectivity index (χ2v) is 3.92. The van der Waals surface area contributed by atoms with Crippen molar-refractivity contribution in [3.8, 4) is 0 Å². The number of benzene rings is 1. The average Bonchev–Trinajstić information content (AvgIpc) is 2.20. The molecule has 78 valence electrons. The first-order chi connectivity index (χ1) is 6.73. The maximum atomic E-state index is 6.41. The van der Waals surface area contributed by atoms with Crippen LogP contribution >= 0.6 is 11.6 Å². The van der Waals surface area contributed by atoms with Gasteiger partial charge in [-0.15, -0.1) is 11.6 Å². The molecule has 0 fully saturated rings. The minimum atomic E-state index is -0.579. The van der Waals surface area contributed by atoms with E-state index in [0.29, 0.717) is 13.2 Å². The number of halogens is 1. The smallest absolute Gasteiger partial charge is 0.116 e. The summed E-state index contributed by atoms with van der Waals surface area (Å²) in [6.45, 7) is 0.874. The fraction of sp³-hybridized carbons (Fsp3) is 0.455. The van der Waals surface area contributed by atoms with Gasteiger partial charge in [0.2, 0.25) is 0 Å². The summed E-state index contributed by atoms with van der Waals surface area (Å²) in [6.07, 6.45) is 0. The molecule has 3 heteroatoms. The molecule has 0 N–H and O–H groups in total. The molecule has 0 saturated heterocycles. The highest BCUT2D eigenvalue weighted by molar-refractivity contribution is 6.24. The van der Waals surface area contributed by atoms with E-state index in [-0.39, 0.29) is 0 Å². The molecule has 0 aliphatic rings. The number of hydrogen-bond acceptors (Lipinski definition) is 2. The van der Waals surface area contributed by atoms with Gasteiger partial charge in [-0.1, -0.05) is 30.3 Å². The minimum absolute atomic E-state index is 0.437. The third-order valence-electron chi connectivity index (χ3n) is 2.04. The first kappa shape index (κ1) is 11.5. The van der Waals surface area contributed by atoms with Gasteiger partial charge < -0.3 is 9.47 Å². The van der Waals surface area contributed by atoms with Crippen molar-refractivity contribution < 1.29 is 9.47 Å². The maximum absolute atomic E-state index is 6.41. The van der Waals surface area contributed by atoms with Crippen molar-refractivity contribution in [3.63, 3.8) is 0 Å². The van der Waals surface area contributed by atoms with Gasteiger partial charge in [0.25, 0.3) is 0 Å². The first-order valence-electron chi connectivity index (χ1n) is 4.45. The molecule has 0 aromatic heterocycles. The van der Waals surface area contributed by atoms with Crippen molar-refractivity contribution in [1.29, 1.82) is 0 Å². The monoisotopic (exact) mass is 214 g/mol. The Morgan fingerprint density at radius 2 is 1.57 bits per heavy atom. The number of methoxy groups -OCH3 is 2. The molecule has 0 aliphatic carbocycles. The lowest BCUT2D eigenvalue weighted by Gasteiger charge is -2.25. The topological polar surface area (TPSA) is 18.5 Å². The summed E-state index contributed by atoms with van der Waals surface area (Å²) in [7, 11) is 3.27. The molecule has 2 nitrogen and oxygen atoms in total. The van der Waals surface area contributed by atoms with Crippen molar-refractivity contribution >= 4 is 11.6 Å². The lowest BCUT2D eigenvalue weighted by atomic mass is 10.00. The highest BCUT2D eigenvalue weighted by atomic mass is 35.5. The Labute approximate surface area is 89.8 Å². The van der Waals surface area contributed by atoms with Gasteiger partial charge in [0, 0.05) is 14.2 Å².